The highest BCUT2D eigenvalue weighted by molar-refractivity contribution is 5.52. The molecule has 0 radical (unpaired) electrons. The Morgan fingerprint density at radius 1 is 0.812 bits per heavy atom. The van der Waals surface area contributed by atoms with E-state index in [0.29, 0.717) is 16.8 Å². The maximum absolute atomic E-state index is 9.86. The summed E-state index contributed by atoms with van der Waals surface area (Å²) in [4.78, 5) is 0. The minimum Gasteiger partial charge on any atom is -0.508 e. The lowest BCUT2D eigenvalue weighted by Crippen LogP contribution is -1.92. The first kappa shape index (κ1) is 10.4. The predicted molar refractivity (Wildman–Crippen MR) is 60.2 cm³/mol. The second kappa shape index (κ2) is 3.48. The predicted octanol–water partition coefficient (Wildman–Crippen LogP) is 2.21. The average Bonchev–Trinajstić information content (AvgIpc) is 2.46. The van der Waals surface area contributed by atoms with Gasteiger partial charge in [-0.25, -0.2) is 0 Å². The summed E-state index contributed by atoms with van der Waals surface area (Å²) in [6.45, 7) is 3.47. The average molecular weight is 219 g/mol. The molecule has 0 aliphatic heterocycles. The van der Waals surface area contributed by atoms with E-state index in [1.165, 1.54) is 16.7 Å². The molecule has 0 unspecified atom stereocenters. The van der Waals surface area contributed by atoms with Gasteiger partial charge in [-0.1, -0.05) is 0 Å². The van der Waals surface area contributed by atoms with E-state index in [1.54, 1.807) is 26.0 Å². The smallest absolute Gasteiger partial charge is 0.201 e. The van der Waals surface area contributed by atoms with E-state index >= 15 is 0 Å². The van der Waals surface area contributed by atoms with Gasteiger partial charge in [-0.15, -0.1) is 0 Å². The molecule has 0 aliphatic carbocycles. The Hall–Kier alpha value is -2.10. The Kier molecular flexibility index (Phi) is 2.27. The Bertz CT molecular complexity index is 501. The van der Waals surface area contributed by atoms with E-state index in [4.69, 9.17) is 5.11 Å². The molecule has 4 nitrogen and oxygen atoms in total. The van der Waals surface area contributed by atoms with Crippen molar-refractivity contribution < 1.29 is 15.3 Å². The minimum atomic E-state index is 0.0145. The van der Waals surface area contributed by atoms with Crippen LogP contribution >= 0.6 is 0 Å². The maximum atomic E-state index is 9.86. The first-order chi connectivity index (χ1) is 7.52. The van der Waals surface area contributed by atoms with Crippen molar-refractivity contribution in [2.75, 3.05) is 0 Å². The molecule has 0 atom stereocenters. The molecule has 0 bridgehead atoms. The number of phenols is 1. The summed E-state index contributed by atoms with van der Waals surface area (Å²) in [5.41, 5.74) is 1.89. The molecule has 1 aromatic carbocycles. The lowest BCUT2D eigenvalue weighted by Gasteiger charge is -2.06. The van der Waals surface area contributed by atoms with Crippen molar-refractivity contribution in [3.05, 3.63) is 35.4 Å². The van der Waals surface area contributed by atoms with Crippen LogP contribution in [0, 0.1) is 13.8 Å². The normalized spacial score (nSPS) is 10.6. The molecule has 0 saturated carbocycles. The van der Waals surface area contributed by atoms with E-state index in [2.05, 4.69) is 0 Å². The number of aromatic nitrogens is 1. The number of benzene rings is 1. The van der Waals surface area contributed by atoms with Gasteiger partial charge in [0.25, 0.3) is 0 Å². The van der Waals surface area contributed by atoms with Gasteiger partial charge in [-0.05, 0) is 38.1 Å². The molecule has 84 valence electrons. The second-order valence-electron chi connectivity index (χ2n) is 3.75. The van der Waals surface area contributed by atoms with Crippen LogP contribution in [0.2, 0.25) is 0 Å². The number of hydrogen-bond acceptors (Lipinski definition) is 3. The van der Waals surface area contributed by atoms with Gasteiger partial charge in [0.2, 0.25) is 11.8 Å². The fraction of sp³-hybridized carbons (Fsp3) is 0.167. The van der Waals surface area contributed by atoms with Crippen LogP contribution in [0.5, 0.6) is 17.5 Å². The topological polar surface area (TPSA) is 65.6 Å². The molecule has 0 spiro atoms. The SMILES string of the molecule is Cc1c(C)c(O)n(-c2ccc(O)cc2)c1O. The van der Waals surface area contributed by atoms with Crippen LogP contribution in [0.3, 0.4) is 0 Å². The molecular weight excluding hydrogens is 206 g/mol. The zero-order chi connectivity index (χ0) is 11.9. The summed E-state index contributed by atoms with van der Waals surface area (Å²) < 4.78 is 1.34. The van der Waals surface area contributed by atoms with E-state index in [-0.39, 0.29) is 17.5 Å². The fourth-order valence-electron chi connectivity index (χ4n) is 1.62. The summed E-state index contributed by atoms with van der Waals surface area (Å²) >= 11 is 0. The molecule has 2 aromatic rings. The quantitative estimate of drug-likeness (QED) is 0.689. The number of hydrogen-bond donors (Lipinski definition) is 3. The number of nitrogens with zero attached hydrogens (tertiary/aromatic N) is 1. The summed E-state index contributed by atoms with van der Waals surface area (Å²) in [5.74, 6) is 0.171. The first-order valence-corrected chi connectivity index (χ1v) is 4.91. The third kappa shape index (κ3) is 1.39. The fourth-order valence-corrected chi connectivity index (χ4v) is 1.62. The molecule has 2 rings (SSSR count). The highest BCUT2D eigenvalue weighted by Gasteiger charge is 2.16. The standard InChI is InChI=1S/C12H13NO3/c1-7-8(2)12(16)13(11(7)15)9-3-5-10(14)6-4-9/h3-6,14-16H,1-2H3. The van der Waals surface area contributed by atoms with Gasteiger partial charge in [-0.3, -0.25) is 4.57 Å². The van der Waals surface area contributed by atoms with Gasteiger partial charge in [0.15, 0.2) is 0 Å². The molecule has 1 aromatic heterocycles. The van der Waals surface area contributed by atoms with Crippen LogP contribution in [0.25, 0.3) is 5.69 Å². The largest absolute Gasteiger partial charge is 0.508 e. The Morgan fingerprint density at radius 3 is 1.69 bits per heavy atom. The molecular formula is C12H13NO3. The minimum absolute atomic E-state index is 0.0145. The van der Waals surface area contributed by atoms with Crippen molar-refractivity contribution in [3.8, 4) is 23.2 Å². The van der Waals surface area contributed by atoms with Crippen LogP contribution in [0.1, 0.15) is 11.1 Å². The van der Waals surface area contributed by atoms with E-state index < -0.39 is 0 Å². The molecule has 3 N–H and O–H groups in total. The zero-order valence-corrected chi connectivity index (χ0v) is 9.10. The zero-order valence-electron chi connectivity index (χ0n) is 9.10. The molecule has 0 saturated heterocycles. The van der Waals surface area contributed by atoms with Gasteiger partial charge >= 0.3 is 0 Å². The highest BCUT2D eigenvalue weighted by atomic mass is 16.3. The molecule has 1 heterocycles. The van der Waals surface area contributed by atoms with Crippen LogP contribution in [-0.2, 0) is 0 Å². The first-order valence-electron chi connectivity index (χ1n) is 4.91. The molecule has 16 heavy (non-hydrogen) atoms. The number of rotatable bonds is 1. The number of aromatic hydroxyl groups is 3. The van der Waals surface area contributed by atoms with Gasteiger partial charge < -0.3 is 15.3 Å². The van der Waals surface area contributed by atoms with Gasteiger partial charge in [0.1, 0.15) is 5.75 Å². The summed E-state index contributed by atoms with van der Waals surface area (Å²) in [5, 5.41) is 28.9. The third-order valence-electron chi connectivity index (χ3n) is 2.76. The Balaban J connectivity index is 2.64. The van der Waals surface area contributed by atoms with Crippen molar-refractivity contribution in [1.29, 1.82) is 0 Å². The second-order valence-corrected chi connectivity index (χ2v) is 3.75. The van der Waals surface area contributed by atoms with Gasteiger partial charge in [0, 0.05) is 11.1 Å². The van der Waals surface area contributed by atoms with Crippen molar-refractivity contribution in [1.82, 2.24) is 4.57 Å². The molecule has 0 fully saturated rings. The van der Waals surface area contributed by atoms with Crippen LogP contribution in [0.15, 0.2) is 24.3 Å². The van der Waals surface area contributed by atoms with Crippen molar-refractivity contribution in [3.63, 3.8) is 0 Å². The van der Waals surface area contributed by atoms with E-state index in [0.717, 1.165) is 0 Å². The summed E-state index contributed by atoms with van der Waals surface area (Å²) in [6, 6.07) is 6.24. The Morgan fingerprint density at radius 2 is 1.25 bits per heavy atom. The van der Waals surface area contributed by atoms with Crippen molar-refractivity contribution in [2.45, 2.75) is 13.8 Å². The molecule has 4 heteroatoms. The lowest BCUT2D eigenvalue weighted by atomic mass is 10.2. The summed E-state index contributed by atoms with van der Waals surface area (Å²) in [7, 11) is 0. The summed E-state index contributed by atoms with van der Waals surface area (Å²) in [6.07, 6.45) is 0. The van der Waals surface area contributed by atoms with Crippen molar-refractivity contribution >= 4 is 0 Å². The van der Waals surface area contributed by atoms with Crippen LogP contribution < -0.4 is 0 Å². The third-order valence-corrected chi connectivity index (χ3v) is 2.76. The highest BCUT2D eigenvalue weighted by Crippen LogP contribution is 2.35. The van der Waals surface area contributed by atoms with E-state index in [9.17, 15) is 10.2 Å². The number of phenolic OH excluding ortho intramolecular Hbond substituents is 1. The van der Waals surface area contributed by atoms with Crippen LogP contribution in [-0.4, -0.2) is 19.9 Å². The lowest BCUT2D eigenvalue weighted by molar-refractivity contribution is 0.400. The molecule has 0 amide bonds. The Labute approximate surface area is 93.0 Å². The van der Waals surface area contributed by atoms with E-state index in [1.807, 2.05) is 0 Å². The van der Waals surface area contributed by atoms with Gasteiger partial charge in [-0.2, -0.15) is 0 Å². The monoisotopic (exact) mass is 219 g/mol. The van der Waals surface area contributed by atoms with Gasteiger partial charge in [0.05, 0.1) is 5.69 Å². The maximum Gasteiger partial charge on any atom is 0.201 e. The molecule has 0 aliphatic rings. The van der Waals surface area contributed by atoms with Crippen molar-refractivity contribution in [2.24, 2.45) is 0 Å². The van der Waals surface area contributed by atoms with Crippen LogP contribution in [0.4, 0.5) is 0 Å².